The van der Waals surface area contributed by atoms with Crippen molar-refractivity contribution < 1.29 is 19.7 Å². The zero-order valence-electron chi connectivity index (χ0n) is 21.3. The van der Waals surface area contributed by atoms with Gasteiger partial charge < -0.3 is 19.8 Å². The SMILES string of the molecule is O=C1C(Cc2ccccc2)CCN1[C@H]1CC[C@@]2(O)[C@H]3Cc4ccc(O)c5c4[C@@]2(CCN3CC2CC2)[C@H]1O5. The summed E-state index contributed by atoms with van der Waals surface area (Å²) >= 11 is 0. The summed E-state index contributed by atoms with van der Waals surface area (Å²) in [6, 6.07) is 14.1. The van der Waals surface area contributed by atoms with Gasteiger partial charge in [-0.1, -0.05) is 36.4 Å². The largest absolute Gasteiger partial charge is 0.504 e. The minimum Gasteiger partial charge on any atom is -0.504 e. The van der Waals surface area contributed by atoms with Gasteiger partial charge in [-0.15, -0.1) is 0 Å². The standard InChI is InChI=1S/C31H36N2O4/c34-24-9-8-21-17-25-31(36)12-10-23(33-14-11-22(29(33)35)16-19-4-2-1-3-5-19)28-30(31,26(21)27(24)37-28)13-15-32(25)18-20-6-7-20/h1-5,8-9,20,22-23,25,28,34,36H,6-7,10-18H2/t22?,23-,25+,28-,30-,31+/m0/s1. The summed E-state index contributed by atoms with van der Waals surface area (Å²) in [5, 5.41) is 23.6. The van der Waals surface area contributed by atoms with Gasteiger partial charge >= 0.3 is 0 Å². The number of ether oxygens (including phenoxy) is 1. The summed E-state index contributed by atoms with van der Waals surface area (Å²) < 4.78 is 6.71. The van der Waals surface area contributed by atoms with E-state index in [9.17, 15) is 15.0 Å². The number of benzene rings is 2. The van der Waals surface area contributed by atoms with Crippen LogP contribution >= 0.6 is 0 Å². The highest BCUT2D eigenvalue weighted by atomic mass is 16.5. The molecule has 3 aliphatic heterocycles. The Bertz CT molecular complexity index is 1260. The third kappa shape index (κ3) is 2.97. The Balaban J connectivity index is 1.16. The van der Waals surface area contributed by atoms with Crippen LogP contribution in [0, 0.1) is 11.8 Å². The number of aliphatic hydroxyl groups is 1. The molecule has 3 aliphatic carbocycles. The topological polar surface area (TPSA) is 73.2 Å². The number of carbonyl (C=O) groups is 1. The van der Waals surface area contributed by atoms with Crippen molar-refractivity contribution in [1.82, 2.24) is 9.80 Å². The summed E-state index contributed by atoms with van der Waals surface area (Å²) in [6.45, 7) is 2.75. The van der Waals surface area contributed by atoms with Crippen LogP contribution < -0.4 is 4.74 Å². The predicted octanol–water partition coefficient (Wildman–Crippen LogP) is 3.42. The number of piperidine rings is 1. The Kier molecular flexibility index (Phi) is 4.68. The molecule has 37 heavy (non-hydrogen) atoms. The van der Waals surface area contributed by atoms with Crippen molar-refractivity contribution in [1.29, 1.82) is 0 Å². The van der Waals surface area contributed by atoms with Crippen LogP contribution in [-0.4, -0.2) is 69.3 Å². The lowest BCUT2D eigenvalue weighted by Crippen LogP contribution is -2.78. The second kappa shape index (κ2) is 7.73. The highest BCUT2D eigenvalue weighted by molar-refractivity contribution is 5.82. The number of rotatable bonds is 5. The third-order valence-corrected chi connectivity index (χ3v) is 10.8. The number of hydrogen-bond acceptors (Lipinski definition) is 5. The van der Waals surface area contributed by atoms with E-state index < -0.39 is 11.0 Å². The quantitative estimate of drug-likeness (QED) is 0.658. The maximum absolute atomic E-state index is 13.8. The molecule has 4 fully saturated rings. The lowest BCUT2D eigenvalue weighted by molar-refractivity contribution is -0.200. The fourth-order valence-corrected chi connectivity index (χ4v) is 8.95. The molecule has 6 atom stereocenters. The van der Waals surface area contributed by atoms with Crippen molar-refractivity contribution in [2.24, 2.45) is 11.8 Å². The predicted molar refractivity (Wildman–Crippen MR) is 139 cm³/mol. The average molecular weight is 501 g/mol. The van der Waals surface area contributed by atoms with Gasteiger partial charge in [0, 0.05) is 30.6 Å². The van der Waals surface area contributed by atoms with Gasteiger partial charge in [0.25, 0.3) is 0 Å². The molecule has 0 radical (unpaired) electrons. The lowest BCUT2D eigenvalue weighted by Gasteiger charge is -2.64. The average Bonchev–Trinajstić information content (AvgIpc) is 3.55. The van der Waals surface area contributed by atoms with Crippen LogP contribution in [0.15, 0.2) is 42.5 Å². The minimum atomic E-state index is -0.903. The van der Waals surface area contributed by atoms with Gasteiger partial charge in [-0.3, -0.25) is 9.69 Å². The molecule has 6 aliphatic rings. The molecule has 1 amide bonds. The number of hydrogen-bond donors (Lipinski definition) is 2. The van der Waals surface area contributed by atoms with Crippen molar-refractivity contribution in [3.8, 4) is 11.5 Å². The van der Waals surface area contributed by atoms with Crippen LogP contribution in [0.25, 0.3) is 0 Å². The maximum Gasteiger partial charge on any atom is 0.226 e. The molecule has 0 aromatic heterocycles. The normalized spacial score (nSPS) is 38.0. The third-order valence-electron chi connectivity index (χ3n) is 10.8. The summed E-state index contributed by atoms with van der Waals surface area (Å²) in [5.41, 5.74) is 1.98. The molecule has 2 N–H and O–H groups in total. The summed E-state index contributed by atoms with van der Waals surface area (Å²) in [7, 11) is 0. The molecule has 2 saturated heterocycles. The van der Waals surface area contributed by atoms with Crippen LogP contribution in [0.4, 0.5) is 0 Å². The van der Waals surface area contributed by atoms with Crippen LogP contribution in [0.2, 0.25) is 0 Å². The molecular formula is C31H36N2O4. The smallest absolute Gasteiger partial charge is 0.226 e. The van der Waals surface area contributed by atoms with Gasteiger partial charge in [0.15, 0.2) is 11.5 Å². The monoisotopic (exact) mass is 500 g/mol. The van der Waals surface area contributed by atoms with E-state index >= 15 is 0 Å². The molecule has 194 valence electrons. The highest BCUT2D eigenvalue weighted by Crippen LogP contribution is 2.66. The van der Waals surface area contributed by atoms with E-state index in [1.165, 1.54) is 24.0 Å². The number of phenolic OH excluding ortho intramolecular Hbond substituents is 1. The first-order valence-electron chi connectivity index (χ1n) is 14.3. The summed E-state index contributed by atoms with van der Waals surface area (Å²) in [6.07, 6.45) is 6.94. The van der Waals surface area contributed by atoms with E-state index in [1.54, 1.807) is 6.07 Å². The molecule has 8 rings (SSSR count). The molecule has 2 aromatic carbocycles. The number of amides is 1. The van der Waals surface area contributed by atoms with Crippen LogP contribution in [-0.2, 0) is 23.1 Å². The zero-order valence-corrected chi connectivity index (χ0v) is 21.3. The minimum absolute atomic E-state index is 0.00653. The van der Waals surface area contributed by atoms with E-state index in [1.807, 2.05) is 18.2 Å². The Labute approximate surface area is 218 Å². The number of likely N-dealkylation sites (tertiary alicyclic amines) is 2. The van der Waals surface area contributed by atoms with Crippen molar-refractivity contribution >= 4 is 5.91 Å². The van der Waals surface area contributed by atoms with Crippen molar-refractivity contribution in [2.75, 3.05) is 19.6 Å². The zero-order chi connectivity index (χ0) is 24.9. The Hall–Kier alpha value is -2.57. The first-order chi connectivity index (χ1) is 18.0. The first-order valence-corrected chi connectivity index (χ1v) is 14.3. The second-order valence-corrected chi connectivity index (χ2v) is 12.6. The lowest BCUT2D eigenvalue weighted by atomic mass is 9.48. The van der Waals surface area contributed by atoms with Crippen LogP contribution in [0.5, 0.6) is 11.5 Å². The number of aromatic hydroxyl groups is 1. The highest BCUT2D eigenvalue weighted by Gasteiger charge is 2.73. The number of nitrogens with zero attached hydrogens (tertiary/aromatic N) is 2. The molecule has 2 aromatic rings. The van der Waals surface area contributed by atoms with E-state index in [-0.39, 0.29) is 35.8 Å². The van der Waals surface area contributed by atoms with E-state index in [4.69, 9.17) is 4.74 Å². The van der Waals surface area contributed by atoms with Crippen molar-refractivity contribution in [2.45, 2.75) is 80.6 Å². The Morgan fingerprint density at radius 3 is 2.65 bits per heavy atom. The fourth-order valence-electron chi connectivity index (χ4n) is 8.95. The molecule has 6 nitrogen and oxygen atoms in total. The van der Waals surface area contributed by atoms with Gasteiger partial charge in [0.2, 0.25) is 5.91 Å². The van der Waals surface area contributed by atoms with Gasteiger partial charge in [-0.05, 0) is 81.0 Å². The molecule has 1 unspecified atom stereocenters. The number of carbonyl (C=O) groups excluding carboxylic acids is 1. The number of phenols is 1. The summed E-state index contributed by atoms with van der Waals surface area (Å²) in [5.74, 6) is 1.71. The maximum atomic E-state index is 13.8. The first kappa shape index (κ1) is 22.4. The Morgan fingerprint density at radius 1 is 1.00 bits per heavy atom. The van der Waals surface area contributed by atoms with E-state index in [2.05, 4.69) is 28.0 Å². The van der Waals surface area contributed by atoms with Crippen LogP contribution in [0.3, 0.4) is 0 Å². The molecule has 2 saturated carbocycles. The van der Waals surface area contributed by atoms with Gasteiger partial charge in [0.05, 0.1) is 17.1 Å². The van der Waals surface area contributed by atoms with E-state index in [0.29, 0.717) is 12.2 Å². The fraction of sp³-hybridized carbons (Fsp3) is 0.581. The molecule has 1 spiro atoms. The molecular weight excluding hydrogens is 464 g/mol. The van der Waals surface area contributed by atoms with Crippen LogP contribution in [0.1, 0.15) is 55.2 Å². The summed E-state index contributed by atoms with van der Waals surface area (Å²) in [4.78, 5) is 18.4. The molecule has 2 bridgehead atoms. The molecule has 3 heterocycles. The van der Waals surface area contributed by atoms with E-state index in [0.717, 1.165) is 63.2 Å². The van der Waals surface area contributed by atoms with Crippen molar-refractivity contribution in [3.05, 3.63) is 59.2 Å². The second-order valence-electron chi connectivity index (χ2n) is 12.6. The van der Waals surface area contributed by atoms with Gasteiger partial charge in [-0.25, -0.2) is 0 Å². The molecule has 6 heteroatoms. The van der Waals surface area contributed by atoms with Gasteiger partial charge in [0.1, 0.15) is 6.10 Å². The Morgan fingerprint density at radius 2 is 1.84 bits per heavy atom. The van der Waals surface area contributed by atoms with Gasteiger partial charge in [-0.2, -0.15) is 0 Å². The van der Waals surface area contributed by atoms with Crippen molar-refractivity contribution in [3.63, 3.8) is 0 Å².